The number of phenols is 1. The third-order valence-corrected chi connectivity index (χ3v) is 6.16. The molecule has 0 unspecified atom stereocenters. The summed E-state index contributed by atoms with van der Waals surface area (Å²) in [6.07, 6.45) is 2.05. The molecule has 5 heteroatoms. The van der Waals surface area contributed by atoms with Gasteiger partial charge >= 0.3 is 0 Å². The minimum Gasteiger partial charge on any atom is -0.508 e. The number of methoxy groups -OCH3 is 1. The van der Waals surface area contributed by atoms with Gasteiger partial charge < -0.3 is 20.1 Å². The molecule has 33 heavy (non-hydrogen) atoms. The van der Waals surface area contributed by atoms with E-state index in [1.54, 1.807) is 13.2 Å². The van der Waals surface area contributed by atoms with Gasteiger partial charge in [0.2, 0.25) is 0 Å². The molecule has 3 aromatic carbocycles. The van der Waals surface area contributed by atoms with Crippen LogP contribution in [0.15, 0.2) is 60.7 Å². The van der Waals surface area contributed by atoms with Crippen molar-refractivity contribution in [3.8, 4) is 22.8 Å². The molecule has 0 spiro atoms. The van der Waals surface area contributed by atoms with E-state index in [9.17, 15) is 9.50 Å². The van der Waals surface area contributed by atoms with Crippen molar-refractivity contribution in [1.29, 1.82) is 0 Å². The van der Waals surface area contributed by atoms with Crippen molar-refractivity contribution < 1.29 is 14.2 Å². The number of nitrogens with one attached hydrogen (secondary N) is 2. The van der Waals surface area contributed by atoms with Crippen molar-refractivity contribution in [3.05, 3.63) is 82.9 Å². The number of alkyl halides is 1. The van der Waals surface area contributed by atoms with Crippen molar-refractivity contribution in [3.63, 3.8) is 0 Å². The van der Waals surface area contributed by atoms with E-state index in [1.807, 2.05) is 30.3 Å². The molecular weight excluding hydrogens is 415 g/mol. The SMILES string of the molecule is COc1ccc(-c2cc3c(Cc4ccccc4CCNCCCF)c(O)ccc3[nH]2)c(C)c1. The molecule has 1 heterocycles. The van der Waals surface area contributed by atoms with Crippen LogP contribution in [0.4, 0.5) is 4.39 Å². The Balaban J connectivity index is 1.63. The van der Waals surface area contributed by atoms with E-state index >= 15 is 0 Å². The maximum atomic E-state index is 12.3. The molecule has 0 bridgehead atoms. The summed E-state index contributed by atoms with van der Waals surface area (Å²) in [7, 11) is 1.67. The number of ether oxygens (including phenoxy) is 1. The summed E-state index contributed by atoms with van der Waals surface area (Å²) in [6, 6.07) is 20.2. The molecule has 1 aromatic heterocycles. The zero-order chi connectivity index (χ0) is 23.2. The zero-order valence-electron chi connectivity index (χ0n) is 19.2. The summed E-state index contributed by atoms with van der Waals surface area (Å²) in [6.45, 7) is 3.27. The van der Waals surface area contributed by atoms with Gasteiger partial charge in [-0.05, 0) is 85.9 Å². The van der Waals surface area contributed by atoms with Crippen LogP contribution in [0.5, 0.6) is 11.5 Å². The number of benzene rings is 3. The van der Waals surface area contributed by atoms with Crippen LogP contribution in [0.2, 0.25) is 0 Å². The van der Waals surface area contributed by atoms with E-state index in [2.05, 4.69) is 41.5 Å². The van der Waals surface area contributed by atoms with Gasteiger partial charge in [0.1, 0.15) is 11.5 Å². The molecule has 0 fully saturated rings. The Morgan fingerprint density at radius 1 is 1.00 bits per heavy atom. The minimum absolute atomic E-state index is 0.290. The first-order valence-corrected chi connectivity index (χ1v) is 11.4. The number of hydrogen-bond donors (Lipinski definition) is 3. The number of H-pyrrole nitrogens is 1. The first-order chi connectivity index (χ1) is 16.1. The van der Waals surface area contributed by atoms with Crippen LogP contribution in [-0.4, -0.2) is 37.0 Å². The molecule has 0 saturated heterocycles. The number of phenolic OH excluding ortho intramolecular Hbond substituents is 1. The Hall–Kier alpha value is -3.31. The molecule has 0 amide bonds. The lowest BCUT2D eigenvalue weighted by molar-refractivity contribution is 0.414. The molecule has 0 aliphatic rings. The number of rotatable bonds is 10. The summed E-state index contributed by atoms with van der Waals surface area (Å²) >= 11 is 0. The van der Waals surface area contributed by atoms with Gasteiger partial charge in [0, 0.05) is 34.1 Å². The monoisotopic (exact) mass is 446 g/mol. The molecule has 4 aromatic rings. The van der Waals surface area contributed by atoms with Crippen LogP contribution in [0.1, 0.15) is 28.7 Å². The van der Waals surface area contributed by atoms with Crippen molar-refractivity contribution in [2.45, 2.75) is 26.2 Å². The number of halogens is 1. The van der Waals surface area contributed by atoms with Crippen LogP contribution >= 0.6 is 0 Å². The number of aromatic amines is 1. The molecule has 0 saturated carbocycles. The molecule has 4 rings (SSSR count). The van der Waals surface area contributed by atoms with Crippen molar-refractivity contribution in [2.24, 2.45) is 0 Å². The highest BCUT2D eigenvalue weighted by atomic mass is 19.1. The van der Waals surface area contributed by atoms with Gasteiger partial charge in [-0.15, -0.1) is 0 Å². The van der Waals surface area contributed by atoms with E-state index in [4.69, 9.17) is 4.74 Å². The molecule has 0 radical (unpaired) electrons. The van der Waals surface area contributed by atoms with E-state index in [-0.39, 0.29) is 6.67 Å². The minimum atomic E-state index is -0.290. The fraction of sp³-hybridized carbons (Fsp3) is 0.286. The number of aromatic nitrogens is 1. The first-order valence-electron chi connectivity index (χ1n) is 11.4. The van der Waals surface area contributed by atoms with Gasteiger partial charge in [-0.2, -0.15) is 0 Å². The smallest absolute Gasteiger partial charge is 0.119 e. The molecular formula is C28H31FN2O2. The van der Waals surface area contributed by atoms with E-state index in [1.165, 1.54) is 11.1 Å². The number of aryl methyl sites for hydroxylation is 1. The van der Waals surface area contributed by atoms with E-state index in [0.29, 0.717) is 25.1 Å². The van der Waals surface area contributed by atoms with Gasteiger partial charge in [-0.3, -0.25) is 4.39 Å². The molecule has 0 aliphatic carbocycles. The van der Waals surface area contributed by atoms with E-state index < -0.39 is 0 Å². The third kappa shape index (κ3) is 5.20. The van der Waals surface area contributed by atoms with Gasteiger partial charge in [0.15, 0.2) is 0 Å². The summed E-state index contributed by atoms with van der Waals surface area (Å²) in [4.78, 5) is 3.52. The molecule has 3 N–H and O–H groups in total. The number of hydrogen-bond acceptors (Lipinski definition) is 3. The maximum Gasteiger partial charge on any atom is 0.119 e. The van der Waals surface area contributed by atoms with Crippen molar-refractivity contribution in [1.82, 2.24) is 10.3 Å². The Labute approximate surface area is 194 Å². The fourth-order valence-electron chi connectivity index (χ4n) is 4.35. The highest BCUT2D eigenvalue weighted by Gasteiger charge is 2.14. The third-order valence-electron chi connectivity index (χ3n) is 6.16. The van der Waals surface area contributed by atoms with Crippen molar-refractivity contribution in [2.75, 3.05) is 26.9 Å². The van der Waals surface area contributed by atoms with Gasteiger partial charge in [0.05, 0.1) is 13.8 Å². The van der Waals surface area contributed by atoms with Crippen LogP contribution in [0.3, 0.4) is 0 Å². The Morgan fingerprint density at radius 3 is 2.58 bits per heavy atom. The quantitative estimate of drug-likeness (QED) is 0.264. The molecule has 0 aliphatic heterocycles. The Kier molecular flexibility index (Phi) is 7.30. The Bertz CT molecular complexity index is 1230. The average molecular weight is 447 g/mol. The second kappa shape index (κ2) is 10.5. The Morgan fingerprint density at radius 2 is 1.82 bits per heavy atom. The summed E-state index contributed by atoms with van der Waals surface area (Å²) in [5.41, 5.74) is 7.59. The lowest BCUT2D eigenvalue weighted by atomic mass is 9.95. The molecule has 4 nitrogen and oxygen atoms in total. The highest BCUT2D eigenvalue weighted by Crippen LogP contribution is 2.35. The molecule has 172 valence electrons. The van der Waals surface area contributed by atoms with E-state index in [0.717, 1.165) is 52.0 Å². The van der Waals surface area contributed by atoms with Crippen molar-refractivity contribution >= 4 is 10.9 Å². The second-order valence-corrected chi connectivity index (χ2v) is 8.38. The summed E-state index contributed by atoms with van der Waals surface area (Å²) < 4.78 is 17.6. The van der Waals surface area contributed by atoms with Crippen LogP contribution in [-0.2, 0) is 12.8 Å². The number of aromatic hydroxyl groups is 1. The summed E-state index contributed by atoms with van der Waals surface area (Å²) in [5, 5.41) is 15.1. The predicted molar refractivity (Wildman–Crippen MR) is 133 cm³/mol. The molecule has 0 atom stereocenters. The second-order valence-electron chi connectivity index (χ2n) is 8.38. The van der Waals surface area contributed by atoms with Crippen LogP contribution in [0, 0.1) is 6.92 Å². The predicted octanol–water partition coefficient (Wildman–Crippen LogP) is 5.94. The lowest BCUT2D eigenvalue weighted by Gasteiger charge is -2.12. The van der Waals surface area contributed by atoms with Gasteiger partial charge in [-0.25, -0.2) is 0 Å². The number of fused-ring (bicyclic) bond motifs is 1. The van der Waals surface area contributed by atoms with Gasteiger partial charge in [0.25, 0.3) is 0 Å². The largest absolute Gasteiger partial charge is 0.508 e. The van der Waals surface area contributed by atoms with Crippen LogP contribution in [0.25, 0.3) is 22.2 Å². The topological polar surface area (TPSA) is 57.3 Å². The lowest BCUT2D eigenvalue weighted by Crippen LogP contribution is -2.19. The highest BCUT2D eigenvalue weighted by molar-refractivity contribution is 5.91. The standard InChI is InChI=1S/C28H31FN2O2/c1-19-16-22(33-2)8-9-23(19)27-18-24-25(28(32)11-10-26(24)31-27)17-21-7-4-3-6-20(21)12-15-30-14-5-13-29/h3-4,6-11,16,18,30-32H,5,12-15,17H2,1-2H3. The normalized spacial score (nSPS) is 11.2. The van der Waals surface area contributed by atoms with Crippen LogP contribution < -0.4 is 10.1 Å². The first kappa shape index (κ1) is 22.9. The van der Waals surface area contributed by atoms with Gasteiger partial charge in [-0.1, -0.05) is 24.3 Å². The maximum absolute atomic E-state index is 12.3. The average Bonchev–Trinajstić information content (AvgIpc) is 3.25. The zero-order valence-corrected chi connectivity index (χ0v) is 19.2. The summed E-state index contributed by atoms with van der Waals surface area (Å²) in [5.74, 6) is 1.14. The fourth-order valence-corrected chi connectivity index (χ4v) is 4.35.